The fraction of sp³-hybridized carbons (Fsp3) is 0.231. The van der Waals surface area contributed by atoms with Crippen LogP contribution in [-0.4, -0.2) is 17.6 Å². The average Bonchev–Trinajstić information content (AvgIpc) is 2.81. The summed E-state index contributed by atoms with van der Waals surface area (Å²) >= 11 is 7.47. The van der Waals surface area contributed by atoms with Gasteiger partial charge >= 0.3 is 5.97 Å². The molecular weight excluding hydrogens is 284 g/mol. The second kappa shape index (κ2) is 6.04. The molecule has 0 spiro atoms. The van der Waals surface area contributed by atoms with Gasteiger partial charge in [0, 0.05) is 0 Å². The molecule has 0 fully saturated rings. The van der Waals surface area contributed by atoms with E-state index in [9.17, 15) is 4.79 Å². The second-order valence-electron chi connectivity index (χ2n) is 3.86. The van der Waals surface area contributed by atoms with Crippen LogP contribution in [0.15, 0.2) is 23.7 Å². The standard InChI is InChI=1S/C13H13ClN2O2S/c1-3-18-13(17)11-12(19-7-15-11)16-10-5-4-8(2)6-9(10)14/h4-7,16H,3H2,1-2H3. The minimum Gasteiger partial charge on any atom is -0.461 e. The molecule has 0 saturated heterocycles. The summed E-state index contributed by atoms with van der Waals surface area (Å²) < 4.78 is 4.95. The molecule has 0 aliphatic carbocycles. The van der Waals surface area contributed by atoms with Crippen LogP contribution < -0.4 is 5.32 Å². The summed E-state index contributed by atoms with van der Waals surface area (Å²) in [4.78, 5) is 15.7. The van der Waals surface area contributed by atoms with Crippen molar-refractivity contribution in [3.63, 3.8) is 0 Å². The zero-order valence-corrected chi connectivity index (χ0v) is 12.1. The van der Waals surface area contributed by atoms with Crippen molar-refractivity contribution in [2.24, 2.45) is 0 Å². The summed E-state index contributed by atoms with van der Waals surface area (Å²) in [5, 5.41) is 4.34. The lowest BCUT2D eigenvalue weighted by molar-refractivity contribution is 0.0521. The Hall–Kier alpha value is -1.59. The van der Waals surface area contributed by atoms with E-state index in [0.717, 1.165) is 11.3 Å². The Kier molecular flexibility index (Phi) is 4.39. The van der Waals surface area contributed by atoms with Gasteiger partial charge in [-0.3, -0.25) is 0 Å². The van der Waals surface area contributed by atoms with Crippen LogP contribution >= 0.6 is 22.9 Å². The lowest BCUT2D eigenvalue weighted by Gasteiger charge is -2.08. The number of anilines is 2. The Labute approximate surface area is 120 Å². The third kappa shape index (κ3) is 3.24. The largest absolute Gasteiger partial charge is 0.461 e. The highest BCUT2D eigenvalue weighted by atomic mass is 35.5. The number of carbonyl (C=O) groups is 1. The third-order valence-corrected chi connectivity index (χ3v) is 3.46. The topological polar surface area (TPSA) is 51.2 Å². The predicted octanol–water partition coefficient (Wildman–Crippen LogP) is 4.03. The molecule has 0 saturated carbocycles. The molecule has 4 nitrogen and oxygen atoms in total. The molecule has 0 radical (unpaired) electrons. The number of ether oxygens (including phenoxy) is 1. The SMILES string of the molecule is CCOC(=O)c1ncsc1Nc1ccc(C)cc1Cl. The van der Waals surface area contributed by atoms with E-state index in [4.69, 9.17) is 16.3 Å². The van der Waals surface area contributed by atoms with Gasteiger partial charge in [0.2, 0.25) is 0 Å². The van der Waals surface area contributed by atoms with Crippen molar-refractivity contribution in [3.8, 4) is 0 Å². The Bertz CT molecular complexity index is 598. The van der Waals surface area contributed by atoms with Crippen molar-refractivity contribution in [3.05, 3.63) is 40.0 Å². The van der Waals surface area contributed by atoms with Crippen LogP contribution in [0.4, 0.5) is 10.7 Å². The van der Waals surface area contributed by atoms with Crippen LogP contribution in [0.3, 0.4) is 0 Å². The third-order valence-electron chi connectivity index (χ3n) is 2.41. The van der Waals surface area contributed by atoms with Crippen molar-refractivity contribution in [2.75, 3.05) is 11.9 Å². The van der Waals surface area contributed by atoms with E-state index in [2.05, 4.69) is 10.3 Å². The smallest absolute Gasteiger partial charge is 0.360 e. The molecule has 0 unspecified atom stereocenters. The summed E-state index contributed by atoms with van der Waals surface area (Å²) in [7, 11) is 0. The van der Waals surface area contributed by atoms with Gasteiger partial charge in [0.05, 0.1) is 22.8 Å². The first kappa shape index (κ1) is 13.8. The van der Waals surface area contributed by atoms with Gasteiger partial charge in [-0.25, -0.2) is 9.78 Å². The fourth-order valence-corrected chi connectivity index (χ4v) is 2.49. The first-order valence-electron chi connectivity index (χ1n) is 5.75. The number of thiazole rings is 1. The Balaban J connectivity index is 2.24. The molecule has 0 atom stereocenters. The molecule has 0 amide bonds. The summed E-state index contributed by atoms with van der Waals surface area (Å²) in [6.07, 6.45) is 0. The number of aryl methyl sites for hydroxylation is 1. The van der Waals surface area contributed by atoms with Gasteiger partial charge in [-0.2, -0.15) is 0 Å². The number of benzene rings is 1. The molecule has 1 aromatic carbocycles. The minimum atomic E-state index is -0.436. The van der Waals surface area contributed by atoms with E-state index in [1.807, 2.05) is 25.1 Å². The van der Waals surface area contributed by atoms with Crippen molar-refractivity contribution >= 4 is 39.6 Å². The number of halogens is 1. The van der Waals surface area contributed by atoms with Gasteiger partial charge < -0.3 is 10.1 Å². The normalized spacial score (nSPS) is 10.3. The van der Waals surface area contributed by atoms with E-state index >= 15 is 0 Å². The number of carbonyl (C=O) groups excluding carboxylic acids is 1. The summed E-state index contributed by atoms with van der Waals surface area (Å²) in [5.74, 6) is -0.436. The summed E-state index contributed by atoms with van der Waals surface area (Å²) in [6.45, 7) is 4.04. The van der Waals surface area contributed by atoms with Crippen LogP contribution in [0.2, 0.25) is 5.02 Å². The maximum absolute atomic E-state index is 11.7. The molecule has 1 heterocycles. The van der Waals surface area contributed by atoms with Gasteiger partial charge in [0.25, 0.3) is 0 Å². The fourth-order valence-electron chi connectivity index (χ4n) is 1.52. The van der Waals surface area contributed by atoms with E-state index in [-0.39, 0.29) is 5.69 Å². The quantitative estimate of drug-likeness (QED) is 0.866. The number of aromatic nitrogens is 1. The number of nitrogens with one attached hydrogen (secondary N) is 1. The molecular formula is C13H13ClN2O2S. The monoisotopic (exact) mass is 296 g/mol. The van der Waals surface area contributed by atoms with Crippen LogP contribution in [0.5, 0.6) is 0 Å². The van der Waals surface area contributed by atoms with E-state index < -0.39 is 5.97 Å². The summed E-state index contributed by atoms with van der Waals surface area (Å²) in [6, 6.07) is 5.67. The first-order valence-corrected chi connectivity index (χ1v) is 7.01. The molecule has 0 aliphatic heterocycles. The van der Waals surface area contributed by atoms with Crippen LogP contribution in [0.25, 0.3) is 0 Å². The molecule has 2 aromatic rings. The number of rotatable bonds is 4. The number of hydrogen-bond acceptors (Lipinski definition) is 5. The lowest BCUT2D eigenvalue weighted by atomic mass is 10.2. The maximum Gasteiger partial charge on any atom is 0.360 e. The van der Waals surface area contributed by atoms with Crippen LogP contribution in [0.1, 0.15) is 23.0 Å². The highest BCUT2D eigenvalue weighted by Crippen LogP contribution is 2.30. The lowest BCUT2D eigenvalue weighted by Crippen LogP contribution is -2.07. The highest BCUT2D eigenvalue weighted by Gasteiger charge is 2.16. The van der Waals surface area contributed by atoms with Gasteiger partial charge in [0.1, 0.15) is 5.00 Å². The first-order chi connectivity index (χ1) is 9.11. The zero-order chi connectivity index (χ0) is 13.8. The van der Waals surface area contributed by atoms with Gasteiger partial charge in [-0.15, -0.1) is 11.3 Å². The average molecular weight is 297 g/mol. The predicted molar refractivity (Wildman–Crippen MR) is 77.5 cm³/mol. The van der Waals surface area contributed by atoms with Crippen molar-refractivity contribution in [1.29, 1.82) is 0 Å². The van der Waals surface area contributed by atoms with Gasteiger partial charge in [-0.1, -0.05) is 17.7 Å². The molecule has 1 N–H and O–H groups in total. The van der Waals surface area contributed by atoms with Crippen molar-refractivity contribution in [2.45, 2.75) is 13.8 Å². The molecule has 0 aliphatic rings. The van der Waals surface area contributed by atoms with E-state index in [0.29, 0.717) is 16.6 Å². The van der Waals surface area contributed by atoms with Crippen LogP contribution in [-0.2, 0) is 4.74 Å². The highest BCUT2D eigenvalue weighted by molar-refractivity contribution is 7.14. The van der Waals surface area contributed by atoms with Crippen molar-refractivity contribution in [1.82, 2.24) is 4.98 Å². The number of hydrogen-bond donors (Lipinski definition) is 1. The zero-order valence-electron chi connectivity index (χ0n) is 10.6. The molecule has 100 valence electrons. The molecule has 2 rings (SSSR count). The van der Waals surface area contributed by atoms with E-state index in [1.165, 1.54) is 11.3 Å². The summed E-state index contributed by atoms with van der Waals surface area (Å²) in [5.41, 5.74) is 3.69. The number of nitrogens with zero attached hydrogens (tertiary/aromatic N) is 1. The van der Waals surface area contributed by atoms with Crippen molar-refractivity contribution < 1.29 is 9.53 Å². The molecule has 0 bridgehead atoms. The van der Waals surface area contributed by atoms with Crippen LogP contribution in [0, 0.1) is 6.92 Å². The maximum atomic E-state index is 11.7. The molecule has 6 heteroatoms. The second-order valence-corrected chi connectivity index (χ2v) is 5.12. The van der Waals surface area contributed by atoms with Gasteiger partial charge in [0.15, 0.2) is 5.69 Å². The Morgan fingerprint density at radius 3 is 3.00 bits per heavy atom. The molecule has 1 aromatic heterocycles. The molecule has 19 heavy (non-hydrogen) atoms. The number of esters is 1. The minimum absolute atomic E-state index is 0.281. The Morgan fingerprint density at radius 1 is 1.53 bits per heavy atom. The Morgan fingerprint density at radius 2 is 2.32 bits per heavy atom. The van der Waals surface area contributed by atoms with E-state index in [1.54, 1.807) is 12.4 Å². The van der Waals surface area contributed by atoms with Gasteiger partial charge in [-0.05, 0) is 31.5 Å².